The molecule has 2 heterocycles. The maximum Gasteiger partial charge on any atom is 0.317 e. The highest BCUT2D eigenvalue weighted by Gasteiger charge is 2.24. The van der Waals surface area contributed by atoms with Crippen LogP contribution < -0.4 is 10.6 Å². The molecule has 4 rings (SSSR count). The minimum Gasteiger partial charge on any atom is -0.368 e. The topological polar surface area (TPSA) is 73.9 Å². The van der Waals surface area contributed by atoms with E-state index in [2.05, 4.69) is 46.7 Å². The van der Waals surface area contributed by atoms with Crippen molar-refractivity contribution in [1.29, 1.82) is 0 Å². The number of carbonyl (C=O) groups is 2. The lowest BCUT2D eigenvalue weighted by molar-refractivity contribution is -0.124. The fourth-order valence-electron chi connectivity index (χ4n) is 4.23. The Labute approximate surface area is 189 Å². The minimum atomic E-state index is -0.358. The monoisotopic (exact) mass is 436 g/mol. The summed E-state index contributed by atoms with van der Waals surface area (Å²) in [7, 11) is 0. The molecule has 0 spiro atoms. The van der Waals surface area contributed by atoms with Gasteiger partial charge in [0.1, 0.15) is 6.10 Å². The van der Waals surface area contributed by atoms with Crippen LogP contribution in [0.15, 0.2) is 48.5 Å². The molecule has 0 aromatic heterocycles. The summed E-state index contributed by atoms with van der Waals surface area (Å²) in [4.78, 5) is 29.1. The summed E-state index contributed by atoms with van der Waals surface area (Å²) < 4.78 is 5.43. The Hall–Kier alpha value is -2.90. The van der Waals surface area contributed by atoms with E-state index in [0.717, 1.165) is 56.8 Å². The van der Waals surface area contributed by atoms with Crippen LogP contribution in [0.1, 0.15) is 29.5 Å². The average Bonchev–Trinajstić information content (AvgIpc) is 3.34. The van der Waals surface area contributed by atoms with Crippen LogP contribution in [0, 0.1) is 6.92 Å². The van der Waals surface area contributed by atoms with Crippen LogP contribution in [0.3, 0.4) is 0 Å². The Morgan fingerprint density at radius 1 is 1.03 bits per heavy atom. The molecule has 0 aliphatic carbocycles. The van der Waals surface area contributed by atoms with E-state index in [0.29, 0.717) is 13.2 Å². The third kappa shape index (κ3) is 6.08. The van der Waals surface area contributed by atoms with E-state index in [-0.39, 0.29) is 18.0 Å². The van der Waals surface area contributed by atoms with Crippen LogP contribution in [0.5, 0.6) is 0 Å². The van der Waals surface area contributed by atoms with E-state index in [4.69, 9.17) is 4.74 Å². The molecule has 1 atom stereocenters. The number of piperazine rings is 1. The number of hydrogen-bond acceptors (Lipinski definition) is 4. The summed E-state index contributed by atoms with van der Waals surface area (Å²) in [5.41, 5.74) is 4.26. The Balaban J connectivity index is 1.21. The first-order chi connectivity index (χ1) is 15.6. The van der Waals surface area contributed by atoms with Gasteiger partial charge in [0.2, 0.25) is 0 Å². The van der Waals surface area contributed by atoms with Gasteiger partial charge in [-0.3, -0.25) is 9.69 Å². The lowest BCUT2D eigenvalue weighted by Gasteiger charge is -2.34. The largest absolute Gasteiger partial charge is 0.368 e. The van der Waals surface area contributed by atoms with Crippen LogP contribution in [0.2, 0.25) is 0 Å². The van der Waals surface area contributed by atoms with Gasteiger partial charge in [0.25, 0.3) is 5.91 Å². The summed E-state index contributed by atoms with van der Waals surface area (Å²) in [5, 5.41) is 5.92. The van der Waals surface area contributed by atoms with Crippen molar-refractivity contribution >= 4 is 17.6 Å². The number of benzene rings is 2. The van der Waals surface area contributed by atoms with Crippen LogP contribution >= 0.6 is 0 Å². The molecular formula is C25H32N4O3. The van der Waals surface area contributed by atoms with Crippen molar-refractivity contribution in [3.05, 3.63) is 65.2 Å². The first-order valence-electron chi connectivity index (χ1n) is 11.4. The molecule has 3 amide bonds. The van der Waals surface area contributed by atoms with Gasteiger partial charge in [-0.1, -0.05) is 42.0 Å². The van der Waals surface area contributed by atoms with Gasteiger partial charge in [0, 0.05) is 51.6 Å². The van der Waals surface area contributed by atoms with E-state index >= 15 is 0 Å². The van der Waals surface area contributed by atoms with Crippen molar-refractivity contribution in [1.82, 2.24) is 15.1 Å². The van der Waals surface area contributed by atoms with Gasteiger partial charge in [-0.2, -0.15) is 0 Å². The van der Waals surface area contributed by atoms with Crippen LogP contribution in [0.4, 0.5) is 10.5 Å². The number of nitrogens with one attached hydrogen (secondary N) is 2. The summed E-state index contributed by atoms with van der Waals surface area (Å²) >= 11 is 0. The van der Waals surface area contributed by atoms with Gasteiger partial charge in [-0.25, -0.2) is 4.79 Å². The fourth-order valence-corrected chi connectivity index (χ4v) is 4.23. The predicted octanol–water partition coefficient (Wildman–Crippen LogP) is 3.14. The second-order valence-electron chi connectivity index (χ2n) is 8.60. The highest BCUT2D eigenvalue weighted by atomic mass is 16.5. The first kappa shape index (κ1) is 22.3. The molecule has 0 saturated carbocycles. The number of aryl methyl sites for hydroxylation is 1. The summed E-state index contributed by atoms with van der Waals surface area (Å²) in [6.45, 7) is 7.26. The zero-order chi connectivity index (χ0) is 22.3. The van der Waals surface area contributed by atoms with E-state index in [9.17, 15) is 9.59 Å². The fraction of sp³-hybridized carbons (Fsp3) is 0.440. The molecule has 2 aromatic carbocycles. The van der Waals surface area contributed by atoms with Crippen molar-refractivity contribution < 1.29 is 14.3 Å². The summed E-state index contributed by atoms with van der Waals surface area (Å²) in [6, 6.07) is 16.1. The summed E-state index contributed by atoms with van der Waals surface area (Å²) in [5.74, 6) is -0.104. The highest BCUT2D eigenvalue weighted by molar-refractivity contribution is 5.94. The third-order valence-electron chi connectivity index (χ3n) is 6.01. The molecule has 1 unspecified atom stereocenters. The molecule has 2 saturated heterocycles. The zero-order valence-corrected chi connectivity index (χ0v) is 18.7. The molecular weight excluding hydrogens is 404 g/mol. The van der Waals surface area contributed by atoms with Gasteiger partial charge in [0.15, 0.2) is 0 Å². The second kappa shape index (κ2) is 10.6. The molecule has 2 N–H and O–H groups in total. The SMILES string of the molecule is Cc1cccc(CN2CCN(C(=O)NCc3cccc(NC(=O)C4CCCO4)c3)CC2)c1. The Kier molecular flexibility index (Phi) is 7.39. The minimum absolute atomic E-state index is 0.0472. The lowest BCUT2D eigenvalue weighted by atomic mass is 10.1. The number of nitrogens with zero attached hydrogens (tertiary/aromatic N) is 2. The van der Waals surface area contributed by atoms with Gasteiger partial charge in [-0.05, 0) is 43.0 Å². The van der Waals surface area contributed by atoms with Crippen LogP contribution in [0.25, 0.3) is 0 Å². The maximum absolute atomic E-state index is 12.6. The molecule has 7 heteroatoms. The van der Waals surface area contributed by atoms with Crippen LogP contribution in [-0.2, 0) is 22.6 Å². The van der Waals surface area contributed by atoms with Crippen molar-refractivity contribution in [3.63, 3.8) is 0 Å². The second-order valence-corrected chi connectivity index (χ2v) is 8.60. The van der Waals surface area contributed by atoms with Gasteiger partial charge in [0.05, 0.1) is 0 Å². The molecule has 2 aliphatic heterocycles. The number of anilines is 1. The molecule has 2 aliphatic rings. The molecule has 2 aromatic rings. The quantitative estimate of drug-likeness (QED) is 0.730. The number of rotatable bonds is 6. The number of hydrogen-bond donors (Lipinski definition) is 2. The number of carbonyl (C=O) groups excluding carboxylic acids is 2. The Morgan fingerprint density at radius 3 is 2.56 bits per heavy atom. The van der Waals surface area contributed by atoms with Crippen molar-refractivity contribution in [3.8, 4) is 0 Å². The van der Waals surface area contributed by atoms with Crippen molar-refractivity contribution in [2.24, 2.45) is 0 Å². The van der Waals surface area contributed by atoms with E-state index in [1.54, 1.807) is 0 Å². The van der Waals surface area contributed by atoms with Crippen molar-refractivity contribution in [2.75, 3.05) is 38.1 Å². The average molecular weight is 437 g/mol. The van der Waals surface area contributed by atoms with Gasteiger partial charge >= 0.3 is 6.03 Å². The molecule has 7 nitrogen and oxygen atoms in total. The molecule has 170 valence electrons. The Bertz CT molecular complexity index is 934. The normalized spacial score (nSPS) is 19.0. The maximum atomic E-state index is 12.6. The zero-order valence-electron chi connectivity index (χ0n) is 18.7. The van der Waals surface area contributed by atoms with Crippen molar-refractivity contribution in [2.45, 2.75) is 39.0 Å². The molecule has 32 heavy (non-hydrogen) atoms. The summed E-state index contributed by atoms with van der Waals surface area (Å²) in [6.07, 6.45) is 1.33. The van der Waals surface area contributed by atoms with E-state index in [1.165, 1.54) is 11.1 Å². The Morgan fingerprint density at radius 2 is 1.81 bits per heavy atom. The third-order valence-corrected chi connectivity index (χ3v) is 6.01. The smallest absolute Gasteiger partial charge is 0.317 e. The predicted molar refractivity (Wildman–Crippen MR) is 124 cm³/mol. The molecule has 2 fully saturated rings. The molecule has 0 bridgehead atoms. The number of amides is 3. The lowest BCUT2D eigenvalue weighted by Crippen LogP contribution is -2.51. The standard InChI is InChI=1S/C25H32N4O3/c1-19-5-2-7-21(15-19)18-28-10-12-29(13-11-28)25(31)26-17-20-6-3-8-22(16-20)27-24(30)23-9-4-14-32-23/h2-3,5-8,15-16,23H,4,9-14,17-18H2,1H3,(H,26,31)(H,27,30). The molecule has 0 radical (unpaired) electrons. The van der Waals surface area contributed by atoms with E-state index in [1.807, 2.05) is 29.2 Å². The van der Waals surface area contributed by atoms with Crippen LogP contribution in [-0.4, -0.2) is 60.6 Å². The van der Waals surface area contributed by atoms with Gasteiger partial charge in [-0.15, -0.1) is 0 Å². The highest BCUT2D eigenvalue weighted by Crippen LogP contribution is 2.16. The van der Waals surface area contributed by atoms with E-state index < -0.39 is 0 Å². The first-order valence-corrected chi connectivity index (χ1v) is 11.4. The number of ether oxygens (including phenoxy) is 1. The number of urea groups is 1. The van der Waals surface area contributed by atoms with Gasteiger partial charge < -0.3 is 20.3 Å².